The molecular weight excluding hydrogens is 280 g/mol. The van der Waals surface area contributed by atoms with Crippen LogP contribution in [0.25, 0.3) is 0 Å². The first-order chi connectivity index (χ1) is 10.5. The molecule has 2 aliphatic rings. The molecule has 1 saturated heterocycles. The number of hydrogen-bond donors (Lipinski definition) is 0. The average molecular weight is 304 g/mol. The molecule has 22 heavy (non-hydrogen) atoms. The molecule has 120 valence electrons. The predicted molar refractivity (Wildman–Crippen MR) is 83.8 cm³/mol. The van der Waals surface area contributed by atoms with E-state index in [2.05, 4.69) is 13.2 Å². The third kappa shape index (κ3) is 3.13. The molecule has 1 aliphatic heterocycles. The maximum absolute atomic E-state index is 12.7. The molecule has 0 N–H and O–H groups in total. The van der Waals surface area contributed by atoms with Gasteiger partial charge < -0.3 is 4.90 Å². The first kappa shape index (κ1) is 16.5. The molecule has 0 aromatic rings. The molecule has 0 aromatic carbocycles. The number of amides is 3. The molecule has 1 aliphatic carbocycles. The number of carbonyl (C=O) groups is 3. The number of carbonyl (C=O) groups excluding carboxylic acids is 3. The van der Waals surface area contributed by atoms with Crippen LogP contribution < -0.4 is 0 Å². The summed E-state index contributed by atoms with van der Waals surface area (Å²) in [4.78, 5) is 39.9. The van der Waals surface area contributed by atoms with Crippen molar-refractivity contribution in [2.45, 2.75) is 38.5 Å². The fraction of sp³-hybridized carbons (Fsp3) is 0.588. The lowest BCUT2D eigenvalue weighted by Gasteiger charge is -2.30. The lowest BCUT2D eigenvalue weighted by atomic mass is 9.73. The van der Waals surface area contributed by atoms with Crippen LogP contribution in [0.4, 0.5) is 0 Å². The van der Waals surface area contributed by atoms with Crippen molar-refractivity contribution in [2.75, 3.05) is 19.6 Å². The van der Waals surface area contributed by atoms with Crippen LogP contribution in [0.3, 0.4) is 0 Å². The van der Waals surface area contributed by atoms with Gasteiger partial charge >= 0.3 is 0 Å². The zero-order valence-corrected chi connectivity index (χ0v) is 13.1. The van der Waals surface area contributed by atoms with Gasteiger partial charge in [-0.25, -0.2) is 0 Å². The average Bonchev–Trinajstić information content (AvgIpc) is 2.72. The van der Waals surface area contributed by atoms with Crippen molar-refractivity contribution in [2.24, 2.45) is 5.41 Å². The summed E-state index contributed by atoms with van der Waals surface area (Å²) in [5.41, 5.74) is -0.530. The van der Waals surface area contributed by atoms with E-state index in [1.807, 2.05) is 0 Å². The topological polar surface area (TPSA) is 57.7 Å². The summed E-state index contributed by atoms with van der Waals surface area (Å²) in [7, 11) is 0. The fourth-order valence-corrected chi connectivity index (χ4v) is 3.46. The third-order valence-electron chi connectivity index (χ3n) is 4.65. The maximum atomic E-state index is 12.7. The first-order valence-corrected chi connectivity index (χ1v) is 7.88. The minimum atomic E-state index is -0.530. The Morgan fingerprint density at radius 1 is 1.14 bits per heavy atom. The minimum absolute atomic E-state index is 0.150. The molecule has 1 heterocycles. The van der Waals surface area contributed by atoms with Crippen LogP contribution in [0.15, 0.2) is 25.3 Å². The van der Waals surface area contributed by atoms with Gasteiger partial charge in [0.1, 0.15) is 6.54 Å². The number of hydrogen-bond acceptors (Lipinski definition) is 3. The lowest BCUT2D eigenvalue weighted by molar-refractivity contribution is -0.147. The van der Waals surface area contributed by atoms with E-state index >= 15 is 0 Å². The monoisotopic (exact) mass is 304 g/mol. The summed E-state index contributed by atoms with van der Waals surface area (Å²) in [6, 6.07) is 0. The second-order valence-electron chi connectivity index (χ2n) is 6.18. The van der Waals surface area contributed by atoms with Crippen molar-refractivity contribution in [3.05, 3.63) is 25.3 Å². The van der Waals surface area contributed by atoms with Crippen molar-refractivity contribution >= 4 is 17.7 Å². The Morgan fingerprint density at radius 3 is 2.27 bits per heavy atom. The lowest BCUT2D eigenvalue weighted by Crippen LogP contribution is -2.44. The van der Waals surface area contributed by atoms with Gasteiger partial charge in [0.2, 0.25) is 17.7 Å². The van der Waals surface area contributed by atoms with E-state index in [-0.39, 0.29) is 30.7 Å². The first-order valence-electron chi connectivity index (χ1n) is 7.88. The second kappa shape index (κ2) is 6.90. The Bertz CT molecular complexity index is 482. The highest BCUT2D eigenvalue weighted by molar-refractivity contribution is 6.08. The Balaban J connectivity index is 2.07. The normalized spacial score (nSPS) is 20.3. The fourth-order valence-electron chi connectivity index (χ4n) is 3.46. The third-order valence-corrected chi connectivity index (χ3v) is 4.65. The second-order valence-corrected chi connectivity index (χ2v) is 6.18. The zero-order chi connectivity index (χ0) is 16.2. The molecule has 3 amide bonds. The largest absolute Gasteiger partial charge is 0.334 e. The zero-order valence-electron chi connectivity index (χ0n) is 13.1. The van der Waals surface area contributed by atoms with E-state index in [0.717, 1.165) is 37.0 Å². The number of likely N-dealkylation sites (tertiary alicyclic amines) is 1. The molecule has 0 unspecified atom stereocenters. The van der Waals surface area contributed by atoms with Crippen LogP contribution in [-0.4, -0.2) is 47.2 Å². The van der Waals surface area contributed by atoms with E-state index in [9.17, 15) is 14.4 Å². The van der Waals surface area contributed by atoms with Crippen LogP contribution in [0.5, 0.6) is 0 Å². The van der Waals surface area contributed by atoms with Crippen molar-refractivity contribution in [3.8, 4) is 0 Å². The molecule has 0 atom stereocenters. The van der Waals surface area contributed by atoms with Gasteiger partial charge in [0.15, 0.2) is 0 Å². The van der Waals surface area contributed by atoms with Crippen LogP contribution in [0.2, 0.25) is 0 Å². The van der Waals surface area contributed by atoms with Gasteiger partial charge in [-0.3, -0.25) is 19.3 Å². The highest BCUT2D eigenvalue weighted by Crippen LogP contribution is 2.45. The molecule has 0 aromatic heterocycles. The highest BCUT2D eigenvalue weighted by atomic mass is 16.2. The number of imide groups is 1. The summed E-state index contributed by atoms with van der Waals surface area (Å²) in [5, 5.41) is 0. The van der Waals surface area contributed by atoms with Crippen molar-refractivity contribution in [1.82, 2.24) is 9.80 Å². The van der Waals surface area contributed by atoms with Crippen molar-refractivity contribution in [1.29, 1.82) is 0 Å². The van der Waals surface area contributed by atoms with Gasteiger partial charge in [-0.2, -0.15) is 0 Å². The minimum Gasteiger partial charge on any atom is -0.334 e. The van der Waals surface area contributed by atoms with E-state index in [0.29, 0.717) is 13.1 Å². The molecule has 2 fully saturated rings. The van der Waals surface area contributed by atoms with Gasteiger partial charge in [-0.1, -0.05) is 31.4 Å². The van der Waals surface area contributed by atoms with E-state index in [1.165, 1.54) is 4.90 Å². The number of rotatable bonds is 6. The molecule has 1 saturated carbocycles. The molecule has 2 rings (SSSR count). The van der Waals surface area contributed by atoms with E-state index in [1.54, 1.807) is 12.2 Å². The number of nitrogens with zero attached hydrogens (tertiary/aromatic N) is 2. The molecule has 0 bridgehead atoms. The Kier molecular flexibility index (Phi) is 5.16. The molecule has 0 radical (unpaired) electrons. The van der Waals surface area contributed by atoms with Crippen LogP contribution in [0, 0.1) is 5.41 Å². The quantitative estimate of drug-likeness (QED) is 0.556. The van der Waals surface area contributed by atoms with Crippen molar-refractivity contribution < 1.29 is 14.4 Å². The van der Waals surface area contributed by atoms with Gasteiger partial charge in [0, 0.05) is 19.5 Å². The molecule has 5 heteroatoms. The maximum Gasteiger partial charge on any atom is 0.243 e. The van der Waals surface area contributed by atoms with Gasteiger partial charge in [0.05, 0.1) is 5.41 Å². The standard InChI is InChI=1S/C17H24N2O3/c1-3-10-18(11-4-2)15(21)13-19-14(20)12-17(16(19)22)8-6-5-7-9-17/h3-4H,1-2,5-13H2. The molecular formula is C17H24N2O3. The van der Waals surface area contributed by atoms with Crippen LogP contribution in [0.1, 0.15) is 38.5 Å². The highest BCUT2D eigenvalue weighted by Gasteiger charge is 2.51. The Morgan fingerprint density at radius 2 is 1.73 bits per heavy atom. The summed E-state index contributed by atoms with van der Waals surface area (Å²) in [5.74, 6) is -0.602. The molecule has 5 nitrogen and oxygen atoms in total. The van der Waals surface area contributed by atoms with E-state index < -0.39 is 5.41 Å². The Hall–Kier alpha value is -1.91. The summed E-state index contributed by atoms with van der Waals surface area (Å²) in [6.45, 7) is 7.84. The summed E-state index contributed by atoms with van der Waals surface area (Å²) in [6.07, 6.45) is 8.14. The van der Waals surface area contributed by atoms with Gasteiger partial charge in [-0.05, 0) is 12.8 Å². The van der Waals surface area contributed by atoms with Crippen molar-refractivity contribution in [3.63, 3.8) is 0 Å². The molecule has 1 spiro atoms. The SMILES string of the molecule is C=CCN(CC=C)C(=O)CN1C(=O)CC2(CCCCC2)C1=O. The smallest absolute Gasteiger partial charge is 0.243 e. The Labute approximate surface area is 131 Å². The summed E-state index contributed by atoms with van der Waals surface area (Å²) < 4.78 is 0. The van der Waals surface area contributed by atoms with Gasteiger partial charge in [0.25, 0.3) is 0 Å². The van der Waals surface area contributed by atoms with E-state index in [4.69, 9.17) is 0 Å². The van der Waals surface area contributed by atoms with Crippen LogP contribution >= 0.6 is 0 Å². The summed E-state index contributed by atoms with van der Waals surface area (Å²) >= 11 is 0. The van der Waals surface area contributed by atoms with Crippen LogP contribution in [-0.2, 0) is 14.4 Å². The predicted octanol–water partition coefficient (Wildman–Crippen LogP) is 1.90. The van der Waals surface area contributed by atoms with Gasteiger partial charge in [-0.15, -0.1) is 13.2 Å².